The molecule has 0 bridgehead atoms. The quantitative estimate of drug-likeness (QED) is 0.730. The Bertz CT molecular complexity index is 595. The molecule has 4 N–H and O–H groups in total. The van der Waals surface area contributed by atoms with E-state index in [9.17, 15) is 4.79 Å². The third-order valence-electron chi connectivity index (χ3n) is 2.62. The van der Waals surface area contributed by atoms with Crippen molar-refractivity contribution in [3.05, 3.63) is 39.8 Å². The second-order valence-corrected chi connectivity index (χ2v) is 5.11. The predicted molar refractivity (Wildman–Crippen MR) is 76.9 cm³/mol. The average Bonchev–Trinajstić information content (AvgIpc) is 2.77. The number of carboxylic acids is 1. The number of aryl methyl sites for hydroxylation is 1. The molecule has 0 atom stereocenters. The third kappa shape index (κ3) is 3.45. The number of carbonyl (C=O) groups is 1. The summed E-state index contributed by atoms with van der Waals surface area (Å²) >= 11 is 1.63. The summed E-state index contributed by atoms with van der Waals surface area (Å²) < 4.78 is 0. The highest BCUT2D eigenvalue weighted by atomic mass is 32.1. The van der Waals surface area contributed by atoms with Gasteiger partial charge in [0.15, 0.2) is 0 Å². The molecule has 0 saturated heterocycles. The van der Waals surface area contributed by atoms with E-state index in [-0.39, 0.29) is 11.3 Å². The van der Waals surface area contributed by atoms with Gasteiger partial charge >= 0.3 is 5.97 Å². The maximum Gasteiger partial charge on any atom is 0.337 e. The molecule has 1 aromatic heterocycles. The van der Waals surface area contributed by atoms with Gasteiger partial charge in [-0.15, -0.1) is 11.3 Å². The van der Waals surface area contributed by atoms with Crippen LogP contribution in [0.1, 0.15) is 21.1 Å². The van der Waals surface area contributed by atoms with Crippen molar-refractivity contribution in [2.45, 2.75) is 13.3 Å². The van der Waals surface area contributed by atoms with Gasteiger partial charge in [0.05, 0.1) is 10.6 Å². The molecule has 19 heavy (non-hydrogen) atoms. The Morgan fingerprint density at radius 3 is 2.95 bits per heavy atom. The highest BCUT2D eigenvalue weighted by molar-refractivity contribution is 7.09. The number of nitrogens with one attached hydrogen (secondary N) is 1. The van der Waals surface area contributed by atoms with Crippen LogP contribution in [-0.4, -0.2) is 22.6 Å². The fourth-order valence-corrected chi connectivity index (χ4v) is 2.46. The van der Waals surface area contributed by atoms with E-state index in [4.69, 9.17) is 10.8 Å². The minimum absolute atomic E-state index is 0.120. The Hall–Kier alpha value is -2.08. The van der Waals surface area contributed by atoms with Gasteiger partial charge in [0.25, 0.3) is 0 Å². The van der Waals surface area contributed by atoms with Crippen molar-refractivity contribution in [3.8, 4) is 0 Å². The zero-order chi connectivity index (χ0) is 13.8. The first-order valence-corrected chi connectivity index (χ1v) is 6.72. The van der Waals surface area contributed by atoms with E-state index >= 15 is 0 Å². The Kier molecular flexibility index (Phi) is 4.01. The summed E-state index contributed by atoms with van der Waals surface area (Å²) in [4.78, 5) is 15.3. The zero-order valence-electron chi connectivity index (χ0n) is 10.5. The Morgan fingerprint density at radius 2 is 2.32 bits per heavy atom. The standard InChI is InChI=1S/C13H15N3O2S/c1-8-7-19-12(16-8)4-5-15-9-2-3-11(14)10(6-9)13(17)18/h2-3,6-7,15H,4-5,14H2,1H3,(H,17,18). The normalized spacial score (nSPS) is 10.4. The highest BCUT2D eigenvalue weighted by Crippen LogP contribution is 2.18. The van der Waals surface area contributed by atoms with Crippen LogP contribution in [0.4, 0.5) is 11.4 Å². The van der Waals surface area contributed by atoms with Gasteiger partial charge in [0.1, 0.15) is 0 Å². The predicted octanol–water partition coefficient (Wildman–Crippen LogP) is 2.39. The number of aromatic nitrogens is 1. The molecule has 0 spiro atoms. The van der Waals surface area contributed by atoms with Gasteiger partial charge in [-0.05, 0) is 25.1 Å². The van der Waals surface area contributed by atoms with Crippen LogP contribution in [0.5, 0.6) is 0 Å². The Morgan fingerprint density at radius 1 is 1.53 bits per heavy atom. The van der Waals surface area contributed by atoms with Crippen molar-refractivity contribution in [2.75, 3.05) is 17.6 Å². The monoisotopic (exact) mass is 277 g/mol. The molecule has 6 heteroatoms. The van der Waals surface area contributed by atoms with Crippen molar-refractivity contribution in [1.29, 1.82) is 0 Å². The van der Waals surface area contributed by atoms with Crippen molar-refractivity contribution < 1.29 is 9.90 Å². The number of hydrogen-bond donors (Lipinski definition) is 3. The average molecular weight is 277 g/mol. The molecule has 100 valence electrons. The molecule has 1 aromatic carbocycles. The number of carboxylic acid groups (broad SMARTS) is 1. The Labute approximate surface area is 115 Å². The lowest BCUT2D eigenvalue weighted by molar-refractivity contribution is 0.0698. The van der Waals surface area contributed by atoms with Crippen LogP contribution in [-0.2, 0) is 6.42 Å². The maximum absolute atomic E-state index is 11.0. The SMILES string of the molecule is Cc1csc(CCNc2ccc(N)c(C(=O)O)c2)n1. The van der Waals surface area contributed by atoms with Crippen molar-refractivity contribution in [1.82, 2.24) is 4.98 Å². The second kappa shape index (κ2) is 5.71. The van der Waals surface area contributed by atoms with E-state index in [2.05, 4.69) is 10.3 Å². The largest absolute Gasteiger partial charge is 0.478 e. The lowest BCUT2D eigenvalue weighted by Gasteiger charge is -2.07. The molecule has 0 unspecified atom stereocenters. The number of nitrogens with zero attached hydrogens (tertiary/aromatic N) is 1. The number of aromatic carboxylic acids is 1. The molecule has 0 fully saturated rings. The number of benzene rings is 1. The summed E-state index contributed by atoms with van der Waals surface area (Å²) in [6.45, 7) is 2.67. The van der Waals surface area contributed by atoms with Crippen LogP contribution >= 0.6 is 11.3 Å². The summed E-state index contributed by atoms with van der Waals surface area (Å²) in [7, 11) is 0. The number of nitrogen functional groups attached to an aromatic ring is 1. The summed E-state index contributed by atoms with van der Waals surface area (Å²) in [5.74, 6) is -1.02. The minimum atomic E-state index is -1.02. The van der Waals surface area contributed by atoms with E-state index in [1.165, 1.54) is 0 Å². The molecule has 0 saturated carbocycles. The van der Waals surface area contributed by atoms with Crippen LogP contribution < -0.4 is 11.1 Å². The van der Waals surface area contributed by atoms with Crippen molar-refractivity contribution in [3.63, 3.8) is 0 Å². The first-order chi connectivity index (χ1) is 9.06. The summed E-state index contributed by atoms with van der Waals surface area (Å²) in [5, 5.41) is 15.2. The Balaban J connectivity index is 1.96. The number of anilines is 2. The summed E-state index contributed by atoms with van der Waals surface area (Å²) in [6.07, 6.45) is 0.811. The molecule has 0 aliphatic heterocycles. The van der Waals surface area contributed by atoms with Crippen molar-refractivity contribution in [2.24, 2.45) is 0 Å². The molecule has 0 aliphatic carbocycles. The van der Waals surface area contributed by atoms with Crippen molar-refractivity contribution >= 4 is 28.7 Å². The molecule has 2 rings (SSSR count). The second-order valence-electron chi connectivity index (χ2n) is 4.17. The molecule has 0 radical (unpaired) electrons. The van der Waals surface area contributed by atoms with E-state index in [0.29, 0.717) is 6.54 Å². The smallest absolute Gasteiger partial charge is 0.337 e. The molecule has 2 aromatic rings. The van der Waals surface area contributed by atoms with Crippen LogP contribution in [0.15, 0.2) is 23.6 Å². The van der Waals surface area contributed by atoms with Crippen LogP contribution in [0, 0.1) is 6.92 Å². The first-order valence-electron chi connectivity index (χ1n) is 5.84. The molecular weight excluding hydrogens is 262 g/mol. The van der Waals surface area contributed by atoms with Gasteiger partial charge in [-0.2, -0.15) is 0 Å². The van der Waals surface area contributed by atoms with E-state index < -0.39 is 5.97 Å². The molecular formula is C13H15N3O2S. The van der Waals surface area contributed by atoms with Crippen LogP contribution in [0.2, 0.25) is 0 Å². The van der Waals surface area contributed by atoms with Gasteiger partial charge in [0.2, 0.25) is 0 Å². The van der Waals surface area contributed by atoms with E-state index in [1.54, 1.807) is 29.5 Å². The van der Waals surface area contributed by atoms with Gasteiger partial charge in [-0.3, -0.25) is 0 Å². The number of rotatable bonds is 5. The van der Waals surface area contributed by atoms with Gasteiger partial charge < -0.3 is 16.2 Å². The summed E-state index contributed by atoms with van der Waals surface area (Å²) in [6, 6.07) is 4.92. The highest BCUT2D eigenvalue weighted by Gasteiger charge is 2.08. The lowest BCUT2D eigenvalue weighted by atomic mass is 10.1. The number of thiazole rings is 1. The van der Waals surface area contributed by atoms with Gasteiger partial charge in [-0.1, -0.05) is 0 Å². The van der Waals surface area contributed by atoms with Gasteiger partial charge in [0, 0.05) is 35.4 Å². The molecule has 0 aliphatic rings. The lowest BCUT2D eigenvalue weighted by Crippen LogP contribution is -2.07. The number of nitrogens with two attached hydrogens (primary N) is 1. The maximum atomic E-state index is 11.0. The zero-order valence-corrected chi connectivity index (χ0v) is 11.3. The molecule has 1 heterocycles. The van der Waals surface area contributed by atoms with E-state index in [1.807, 2.05) is 12.3 Å². The number of hydrogen-bond acceptors (Lipinski definition) is 5. The minimum Gasteiger partial charge on any atom is -0.478 e. The third-order valence-corrected chi connectivity index (χ3v) is 3.64. The topological polar surface area (TPSA) is 88.2 Å². The fourth-order valence-electron chi connectivity index (χ4n) is 1.68. The van der Waals surface area contributed by atoms with E-state index in [0.717, 1.165) is 22.8 Å². The fraction of sp³-hybridized carbons (Fsp3) is 0.231. The van der Waals surface area contributed by atoms with Crippen LogP contribution in [0.25, 0.3) is 0 Å². The summed E-state index contributed by atoms with van der Waals surface area (Å²) in [5.41, 5.74) is 7.77. The molecule has 5 nitrogen and oxygen atoms in total. The molecule has 0 amide bonds. The van der Waals surface area contributed by atoms with Gasteiger partial charge in [-0.25, -0.2) is 9.78 Å². The first kappa shape index (κ1) is 13.4. The van der Waals surface area contributed by atoms with Crippen LogP contribution in [0.3, 0.4) is 0 Å².